The van der Waals surface area contributed by atoms with E-state index in [2.05, 4.69) is 15.0 Å². The summed E-state index contributed by atoms with van der Waals surface area (Å²) in [5, 5.41) is 2.85. The highest BCUT2D eigenvalue weighted by Gasteiger charge is 2.28. The van der Waals surface area contributed by atoms with Crippen LogP contribution < -0.4 is 5.32 Å². The van der Waals surface area contributed by atoms with E-state index >= 15 is 0 Å². The largest absolute Gasteiger partial charge is 0.522 e. The number of rotatable bonds is 6. The quantitative estimate of drug-likeness (QED) is 0.761. The molecule has 1 aromatic rings. The van der Waals surface area contributed by atoms with Gasteiger partial charge in [-0.05, 0) is 24.6 Å². The highest BCUT2D eigenvalue weighted by Crippen LogP contribution is 2.14. The summed E-state index contributed by atoms with van der Waals surface area (Å²) in [5.41, 5.74) is 1.05. The Morgan fingerprint density at radius 3 is 2.75 bits per heavy atom. The predicted molar refractivity (Wildman–Crippen MR) is 52.8 cm³/mol. The third-order valence-corrected chi connectivity index (χ3v) is 1.86. The predicted octanol–water partition coefficient (Wildman–Crippen LogP) is 1.75. The van der Waals surface area contributed by atoms with Crippen LogP contribution >= 0.6 is 0 Å². The number of aromatic nitrogens is 1. The molecule has 16 heavy (non-hydrogen) atoms. The Balaban J connectivity index is 2.01. The van der Waals surface area contributed by atoms with Crippen molar-refractivity contribution >= 4 is 0 Å². The molecule has 0 radical (unpaired) electrons. The molecule has 0 aliphatic heterocycles. The van der Waals surface area contributed by atoms with Crippen molar-refractivity contribution in [2.24, 2.45) is 0 Å². The fraction of sp³-hybridized carbons (Fsp3) is 0.500. The topological polar surface area (TPSA) is 34.1 Å². The van der Waals surface area contributed by atoms with Crippen LogP contribution in [-0.4, -0.2) is 31.0 Å². The highest BCUT2D eigenvalue weighted by molar-refractivity contribution is 5.08. The van der Waals surface area contributed by atoms with Crippen LogP contribution in [0.4, 0.5) is 13.2 Å². The summed E-state index contributed by atoms with van der Waals surface area (Å²) >= 11 is 0. The van der Waals surface area contributed by atoms with E-state index in [-0.39, 0.29) is 13.2 Å². The van der Waals surface area contributed by atoms with Crippen molar-refractivity contribution < 1.29 is 17.9 Å². The van der Waals surface area contributed by atoms with Crippen LogP contribution in [0.15, 0.2) is 24.5 Å². The molecule has 1 N–H and O–H groups in total. The lowest BCUT2D eigenvalue weighted by molar-refractivity contribution is -0.323. The monoisotopic (exact) mass is 234 g/mol. The van der Waals surface area contributed by atoms with E-state index in [9.17, 15) is 13.2 Å². The first-order valence-electron chi connectivity index (χ1n) is 4.88. The van der Waals surface area contributed by atoms with Gasteiger partial charge in [-0.1, -0.05) is 6.07 Å². The van der Waals surface area contributed by atoms with E-state index in [1.165, 1.54) is 0 Å². The molecule has 0 aliphatic carbocycles. The first-order valence-corrected chi connectivity index (χ1v) is 4.88. The lowest BCUT2D eigenvalue weighted by Gasteiger charge is -2.08. The third kappa shape index (κ3) is 6.36. The average Bonchev–Trinajstić information content (AvgIpc) is 2.23. The molecule has 0 saturated heterocycles. The summed E-state index contributed by atoms with van der Waals surface area (Å²) in [7, 11) is 0. The van der Waals surface area contributed by atoms with Gasteiger partial charge in [0.1, 0.15) is 0 Å². The summed E-state index contributed by atoms with van der Waals surface area (Å²) in [6.45, 7) is 0.420. The molecule has 0 amide bonds. The maximum Gasteiger partial charge on any atom is 0.522 e. The molecule has 0 saturated carbocycles. The van der Waals surface area contributed by atoms with Gasteiger partial charge in [-0.25, -0.2) is 0 Å². The van der Waals surface area contributed by atoms with Gasteiger partial charge in [0, 0.05) is 18.9 Å². The van der Waals surface area contributed by atoms with Gasteiger partial charge in [0.25, 0.3) is 0 Å². The Hall–Kier alpha value is -1.14. The molecule has 0 aliphatic rings. The van der Waals surface area contributed by atoms with Gasteiger partial charge in [0.2, 0.25) is 0 Å². The van der Waals surface area contributed by atoms with Gasteiger partial charge in [0.05, 0.1) is 6.61 Å². The second-order valence-corrected chi connectivity index (χ2v) is 3.16. The van der Waals surface area contributed by atoms with E-state index in [4.69, 9.17) is 0 Å². The summed E-state index contributed by atoms with van der Waals surface area (Å²) in [4.78, 5) is 3.93. The van der Waals surface area contributed by atoms with Crippen molar-refractivity contribution in [1.29, 1.82) is 0 Å². The second kappa shape index (κ2) is 6.44. The van der Waals surface area contributed by atoms with Crippen LogP contribution in [0.5, 0.6) is 0 Å². The number of ether oxygens (including phenoxy) is 1. The first-order chi connectivity index (χ1) is 7.58. The molecule has 0 spiro atoms. The number of hydrogen-bond donors (Lipinski definition) is 1. The molecular weight excluding hydrogens is 221 g/mol. The van der Waals surface area contributed by atoms with Gasteiger partial charge in [-0.3, -0.25) is 9.72 Å². The number of alkyl halides is 3. The Morgan fingerprint density at radius 1 is 1.31 bits per heavy atom. The van der Waals surface area contributed by atoms with Gasteiger partial charge in [-0.2, -0.15) is 0 Å². The summed E-state index contributed by atoms with van der Waals surface area (Å²) in [6, 6.07) is 3.74. The van der Waals surface area contributed by atoms with Crippen molar-refractivity contribution in [2.45, 2.75) is 12.8 Å². The van der Waals surface area contributed by atoms with Crippen molar-refractivity contribution in [3.63, 3.8) is 0 Å². The summed E-state index contributed by atoms with van der Waals surface area (Å²) in [6.07, 6.45) is -0.396. The third-order valence-electron chi connectivity index (χ3n) is 1.86. The Labute approximate surface area is 91.6 Å². The molecular formula is C10H13F3N2O. The van der Waals surface area contributed by atoms with Crippen LogP contribution in [-0.2, 0) is 11.2 Å². The van der Waals surface area contributed by atoms with Gasteiger partial charge >= 0.3 is 6.36 Å². The number of hydrogen-bond acceptors (Lipinski definition) is 3. The molecule has 0 fully saturated rings. The van der Waals surface area contributed by atoms with Crippen molar-refractivity contribution in [1.82, 2.24) is 10.3 Å². The van der Waals surface area contributed by atoms with E-state index in [1.807, 2.05) is 12.1 Å². The number of pyridine rings is 1. The average molecular weight is 234 g/mol. The Kier molecular flexibility index (Phi) is 5.21. The van der Waals surface area contributed by atoms with E-state index in [0.29, 0.717) is 6.54 Å². The van der Waals surface area contributed by atoms with E-state index in [1.54, 1.807) is 12.4 Å². The lowest BCUT2D eigenvalue weighted by atomic mass is 10.2. The smallest absolute Gasteiger partial charge is 0.314 e. The zero-order valence-electron chi connectivity index (χ0n) is 8.63. The van der Waals surface area contributed by atoms with Crippen LogP contribution in [0.3, 0.4) is 0 Å². The second-order valence-electron chi connectivity index (χ2n) is 3.16. The SMILES string of the molecule is FC(F)(F)OCCNCCc1cccnc1. The number of nitrogens with zero attached hydrogens (tertiary/aromatic N) is 1. The zero-order valence-corrected chi connectivity index (χ0v) is 8.63. The van der Waals surface area contributed by atoms with E-state index < -0.39 is 6.36 Å². The molecule has 90 valence electrons. The molecule has 1 aromatic heterocycles. The molecule has 1 heterocycles. The van der Waals surface area contributed by atoms with E-state index in [0.717, 1.165) is 12.0 Å². The fourth-order valence-electron chi connectivity index (χ4n) is 1.14. The molecule has 1 rings (SSSR count). The van der Waals surface area contributed by atoms with Crippen LogP contribution in [0.25, 0.3) is 0 Å². The van der Waals surface area contributed by atoms with Crippen molar-refractivity contribution in [2.75, 3.05) is 19.7 Å². The van der Waals surface area contributed by atoms with Crippen LogP contribution in [0, 0.1) is 0 Å². The van der Waals surface area contributed by atoms with Crippen LogP contribution in [0.2, 0.25) is 0 Å². The van der Waals surface area contributed by atoms with Gasteiger partial charge in [-0.15, -0.1) is 13.2 Å². The van der Waals surface area contributed by atoms with Crippen molar-refractivity contribution in [3.8, 4) is 0 Å². The van der Waals surface area contributed by atoms with Gasteiger partial charge in [0.15, 0.2) is 0 Å². The van der Waals surface area contributed by atoms with Crippen LogP contribution in [0.1, 0.15) is 5.56 Å². The standard InChI is InChI=1S/C10H13F3N2O/c11-10(12,13)16-7-6-14-5-3-9-2-1-4-15-8-9/h1-2,4,8,14H,3,5-7H2. The number of halogens is 3. The molecule has 0 atom stereocenters. The maximum atomic E-state index is 11.6. The summed E-state index contributed by atoms with van der Waals surface area (Å²) < 4.78 is 38.3. The van der Waals surface area contributed by atoms with Crippen molar-refractivity contribution in [3.05, 3.63) is 30.1 Å². The molecule has 3 nitrogen and oxygen atoms in total. The molecule has 0 bridgehead atoms. The lowest BCUT2D eigenvalue weighted by Crippen LogP contribution is -2.25. The molecule has 6 heteroatoms. The minimum absolute atomic E-state index is 0.180. The number of nitrogens with one attached hydrogen (secondary N) is 1. The molecule has 0 unspecified atom stereocenters. The fourth-order valence-corrected chi connectivity index (χ4v) is 1.14. The maximum absolute atomic E-state index is 11.6. The minimum atomic E-state index is -4.54. The Morgan fingerprint density at radius 2 is 2.12 bits per heavy atom. The minimum Gasteiger partial charge on any atom is -0.314 e. The normalized spacial score (nSPS) is 11.7. The first kappa shape index (κ1) is 12.9. The zero-order chi connectivity index (χ0) is 11.9. The highest BCUT2D eigenvalue weighted by atomic mass is 19.4. The molecule has 0 aromatic carbocycles. The summed E-state index contributed by atoms with van der Waals surface area (Å²) in [5.74, 6) is 0. The Bertz CT molecular complexity index is 290. The van der Waals surface area contributed by atoms with Gasteiger partial charge < -0.3 is 5.32 Å².